The Kier molecular flexibility index (Phi) is 5.84. The number of carbonyl (C=O) groups excluding carboxylic acids is 1. The Bertz CT molecular complexity index is 1420. The summed E-state index contributed by atoms with van der Waals surface area (Å²) in [4.78, 5) is 18.8. The lowest BCUT2D eigenvalue weighted by Gasteiger charge is -2.20. The molecule has 0 aliphatic heterocycles. The lowest BCUT2D eigenvalue weighted by atomic mass is 9.86. The van der Waals surface area contributed by atoms with Gasteiger partial charge in [0.25, 0.3) is 12.3 Å². The summed E-state index contributed by atoms with van der Waals surface area (Å²) >= 11 is 1.42. The predicted molar refractivity (Wildman–Crippen MR) is 126 cm³/mol. The summed E-state index contributed by atoms with van der Waals surface area (Å²) in [5.74, 6) is 0.0457. The molecule has 0 radical (unpaired) electrons. The molecule has 0 saturated heterocycles. The molecule has 6 nitrogen and oxygen atoms in total. The lowest BCUT2D eigenvalue weighted by Crippen LogP contribution is -2.13. The Balaban J connectivity index is 1.54. The van der Waals surface area contributed by atoms with Crippen molar-refractivity contribution in [1.82, 2.24) is 14.6 Å². The van der Waals surface area contributed by atoms with Crippen LogP contribution < -0.4 is 5.32 Å². The number of benzene rings is 1. The van der Waals surface area contributed by atoms with Crippen LogP contribution in [0.25, 0.3) is 16.9 Å². The number of nitriles is 1. The van der Waals surface area contributed by atoms with Gasteiger partial charge in [-0.2, -0.15) is 10.4 Å². The van der Waals surface area contributed by atoms with Gasteiger partial charge in [-0.25, -0.2) is 18.3 Å². The van der Waals surface area contributed by atoms with E-state index in [9.17, 15) is 18.8 Å². The Labute approximate surface area is 198 Å². The Morgan fingerprint density at radius 1 is 1.35 bits per heavy atom. The molecule has 5 rings (SSSR count). The normalized spacial score (nSPS) is 15.3. The smallest absolute Gasteiger partial charge is 0.280 e. The first kappa shape index (κ1) is 22.2. The van der Waals surface area contributed by atoms with Crippen molar-refractivity contribution in [2.24, 2.45) is 5.92 Å². The third-order valence-corrected chi connectivity index (χ3v) is 7.49. The quantitative estimate of drug-likeness (QED) is 0.380. The largest absolute Gasteiger partial charge is 0.312 e. The average molecular weight is 478 g/mol. The highest BCUT2D eigenvalue weighted by Crippen LogP contribution is 2.40. The zero-order valence-electron chi connectivity index (χ0n) is 18.4. The number of nitrogens with zero attached hydrogens (tertiary/aromatic N) is 4. The molecule has 0 unspecified atom stereocenters. The number of fused-ring (bicyclic) bond motifs is 2. The number of hydrogen-bond donors (Lipinski definition) is 1. The van der Waals surface area contributed by atoms with E-state index in [0.29, 0.717) is 27.7 Å². The van der Waals surface area contributed by atoms with Gasteiger partial charge < -0.3 is 5.32 Å². The molecule has 3 aromatic heterocycles. The average Bonchev–Trinajstić information content (AvgIpc) is 3.44. The van der Waals surface area contributed by atoms with E-state index in [4.69, 9.17) is 0 Å². The van der Waals surface area contributed by atoms with Gasteiger partial charge in [0.1, 0.15) is 22.3 Å². The van der Waals surface area contributed by atoms with Crippen LogP contribution in [0.3, 0.4) is 0 Å². The maximum atomic E-state index is 13.8. The summed E-state index contributed by atoms with van der Waals surface area (Å²) < 4.78 is 28.6. The van der Waals surface area contributed by atoms with Gasteiger partial charge in [0.05, 0.1) is 17.5 Å². The summed E-state index contributed by atoms with van der Waals surface area (Å²) in [6, 6.07) is 12.5. The van der Waals surface area contributed by atoms with E-state index in [1.165, 1.54) is 23.6 Å². The highest BCUT2D eigenvalue weighted by Gasteiger charge is 2.27. The van der Waals surface area contributed by atoms with Crippen LogP contribution in [0.15, 0.2) is 42.6 Å². The van der Waals surface area contributed by atoms with Crippen molar-refractivity contribution in [3.63, 3.8) is 0 Å². The van der Waals surface area contributed by atoms with Crippen LogP contribution in [-0.2, 0) is 12.8 Å². The second-order valence-electron chi connectivity index (χ2n) is 8.32. The lowest BCUT2D eigenvalue weighted by molar-refractivity contribution is 0.102. The van der Waals surface area contributed by atoms with E-state index < -0.39 is 12.3 Å². The summed E-state index contributed by atoms with van der Waals surface area (Å²) in [6.45, 7) is 2.16. The van der Waals surface area contributed by atoms with Crippen LogP contribution in [-0.4, -0.2) is 20.5 Å². The van der Waals surface area contributed by atoms with Crippen LogP contribution in [0, 0.1) is 17.2 Å². The summed E-state index contributed by atoms with van der Waals surface area (Å²) in [5.41, 5.74) is 2.25. The van der Waals surface area contributed by atoms with E-state index in [2.05, 4.69) is 28.4 Å². The third kappa shape index (κ3) is 3.84. The van der Waals surface area contributed by atoms with Crippen LogP contribution in [0.2, 0.25) is 0 Å². The Hall–Kier alpha value is -3.64. The number of halogens is 2. The number of anilines is 1. The van der Waals surface area contributed by atoms with Gasteiger partial charge in [0.15, 0.2) is 5.65 Å². The van der Waals surface area contributed by atoms with Gasteiger partial charge in [0, 0.05) is 10.4 Å². The van der Waals surface area contributed by atoms with E-state index in [1.807, 2.05) is 6.07 Å². The van der Waals surface area contributed by atoms with Crippen molar-refractivity contribution in [2.75, 3.05) is 5.32 Å². The minimum absolute atomic E-state index is 0.0417. The molecule has 0 bridgehead atoms. The molecule has 1 N–H and O–H groups in total. The molecule has 9 heteroatoms. The van der Waals surface area contributed by atoms with Gasteiger partial charge in [0.2, 0.25) is 0 Å². The maximum Gasteiger partial charge on any atom is 0.280 e. The number of thiophene rings is 1. The van der Waals surface area contributed by atoms with Gasteiger partial charge in [-0.1, -0.05) is 43.7 Å². The van der Waals surface area contributed by atoms with E-state index in [1.54, 1.807) is 24.3 Å². The van der Waals surface area contributed by atoms with E-state index >= 15 is 0 Å². The summed E-state index contributed by atoms with van der Waals surface area (Å²) in [6.07, 6.45) is 2.26. The molecule has 1 aliphatic carbocycles. The zero-order chi connectivity index (χ0) is 23.8. The zero-order valence-corrected chi connectivity index (χ0v) is 19.2. The SMILES string of the molecule is CC[C@@H]1CCc2c(sc(NC(=O)c3cnn4c(C(F)F)cc(-c5ccccc5)nc34)c2C#N)C1. The molecule has 4 aromatic rings. The number of hydrogen-bond acceptors (Lipinski definition) is 5. The van der Waals surface area contributed by atoms with Crippen molar-refractivity contribution < 1.29 is 13.6 Å². The Morgan fingerprint density at radius 3 is 2.85 bits per heavy atom. The molecule has 3 heterocycles. The second-order valence-corrected chi connectivity index (χ2v) is 9.42. The van der Waals surface area contributed by atoms with E-state index in [0.717, 1.165) is 40.6 Å². The number of aromatic nitrogens is 3. The molecule has 34 heavy (non-hydrogen) atoms. The molecule has 1 aliphatic rings. The van der Waals surface area contributed by atoms with Crippen molar-refractivity contribution in [2.45, 2.75) is 39.0 Å². The van der Waals surface area contributed by atoms with Crippen molar-refractivity contribution in [3.05, 3.63) is 69.9 Å². The fourth-order valence-corrected chi connectivity index (χ4v) is 5.75. The number of nitrogens with one attached hydrogen (secondary N) is 1. The van der Waals surface area contributed by atoms with Crippen LogP contribution in [0.1, 0.15) is 58.2 Å². The molecule has 1 amide bonds. The van der Waals surface area contributed by atoms with Gasteiger partial charge in [-0.05, 0) is 36.8 Å². The second kappa shape index (κ2) is 8.95. The molecule has 0 saturated carbocycles. The molecular formula is C25H21F2N5OS. The molecule has 0 fully saturated rings. The standard InChI is InChI=1S/C25H21F2N5OS/c1-2-14-8-9-16-17(12-28)25(34-21(16)10-14)31-24(33)18-13-29-32-20(22(26)27)11-19(30-23(18)32)15-6-4-3-5-7-15/h3-7,11,13-14,22H,2,8-10H2,1H3,(H,31,33)/t14-/m1/s1. The fraction of sp³-hybridized carbons (Fsp3) is 0.280. The van der Waals surface area contributed by atoms with E-state index in [-0.39, 0.29) is 16.9 Å². The maximum absolute atomic E-state index is 13.8. The first-order valence-corrected chi connectivity index (χ1v) is 11.9. The summed E-state index contributed by atoms with van der Waals surface area (Å²) in [5, 5.41) is 17.1. The first-order valence-electron chi connectivity index (χ1n) is 11.1. The minimum atomic E-state index is -2.80. The number of carbonyl (C=O) groups is 1. The van der Waals surface area contributed by atoms with Gasteiger partial charge >= 0.3 is 0 Å². The first-order chi connectivity index (χ1) is 16.5. The minimum Gasteiger partial charge on any atom is -0.312 e. The topological polar surface area (TPSA) is 83.1 Å². The van der Waals surface area contributed by atoms with Gasteiger partial charge in [-0.15, -0.1) is 11.3 Å². The summed E-state index contributed by atoms with van der Waals surface area (Å²) in [7, 11) is 0. The highest BCUT2D eigenvalue weighted by atomic mass is 32.1. The van der Waals surface area contributed by atoms with Gasteiger partial charge in [-0.3, -0.25) is 4.79 Å². The van der Waals surface area contributed by atoms with Crippen LogP contribution >= 0.6 is 11.3 Å². The van der Waals surface area contributed by atoms with Crippen molar-refractivity contribution in [1.29, 1.82) is 5.26 Å². The molecule has 1 aromatic carbocycles. The van der Waals surface area contributed by atoms with Crippen LogP contribution in [0.4, 0.5) is 13.8 Å². The molecule has 172 valence electrons. The van der Waals surface area contributed by atoms with Crippen LogP contribution in [0.5, 0.6) is 0 Å². The monoisotopic (exact) mass is 477 g/mol. The molecule has 1 atom stereocenters. The highest BCUT2D eigenvalue weighted by molar-refractivity contribution is 7.16. The number of amides is 1. The Morgan fingerprint density at radius 2 is 2.15 bits per heavy atom. The number of rotatable bonds is 5. The number of alkyl halides is 2. The van der Waals surface area contributed by atoms with Crippen molar-refractivity contribution in [3.8, 4) is 17.3 Å². The third-order valence-electron chi connectivity index (χ3n) is 6.32. The van der Waals surface area contributed by atoms with Crippen molar-refractivity contribution >= 4 is 27.9 Å². The fourth-order valence-electron chi connectivity index (χ4n) is 4.44. The predicted octanol–water partition coefficient (Wildman–Crippen LogP) is 6.03. The molecule has 0 spiro atoms. The molecular weight excluding hydrogens is 456 g/mol.